The van der Waals surface area contributed by atoms with Gasteiger partial charge in [0.2, 0.25) is 5.91 Å². The SMILES string of the molecule is COc1cccc(NC(=O)C(Sc2cccc(NC(=O)c3ccc(C(=O)O)cc3C(=O)O)c2)c2ccccc2)c1. The molecular formula is C30H24N2O7S. The summed E-state index contributed by atoms with van der Waals surface area (Å²) in [5.74, 6) is -3.10. The van der Waals surface area contributed by atoms with E-state index in [1.165, 1.54) is 17.8 Å². The summed E-state index contributed by atoms with van der Waals surface area (Å²) in [4.78, 5) is 49.9. The van der Waals surface area contributed by atoms with Crippen LogP contribution in [-0.2, 0) is 4.79 Å². The number of amides is 2. The van der Waals surface area contributed by atoms with Crippen molar-refractivity contribution in [1.29, 1.82) is 0 Å². The summed E-state index contributed by atoms with van der Waals surface area (Å²) in [6.45, 7) is 0. The lowest BCUT2D eigenvalue weighted by Crippen LogP contribution is -2.19. The van der Waals surface area contributed by atoms with E-state index in [1.54, 1.807) is 55.6 Å². The van der Waals surface area contributed by atoms with Crippen LogP contribution < -0.4 is 15.4 Å². The van der Waals surface area contributed by atoms with E-state index >= 15 is 0 Å². The Balaban J connectivity index is 1.57. The van der Waals surface area contributed by atoms with Crippen LogP contribution in [0.25, 0.3) is 0 Å². The van der Waals surface area contributed by atoms with Gasteiger partial charge in [-0.2, -0.15) is 0 Å². The number of thioether (sulfide) groups is 1. The van der Waals surface area contributed by atoms with Gasteiger partial charge in [0.25, 0.3) is 5.91 Å². The second-order valence-corrected chi connectivity index (χ2v) is 9.66. The van der Waals surface area contributed by atoms with Crippen LogP contribution in [0.3, 0.4) is 0 Å². The number of benzene rings is 4. The van der Waals surface area contributed by atoms with E-state index in [0.29, 0.717) is 22.0 Å². The predicted molar refractivity (Wildman–Crippen MR) is 151 cm³/mol. The third-order valence-corrected chi connectivity index (χ3v) is 7.01. The first kappa shape index (κ1) is 27.9. The minimum atomic E-state index is -1.43. The maximum Gasteiger partial charge on any atom is 0.336 e. The number of carbonyl (C=O) groups excluding carboxylic acids is 2. The van der Waals surface area contributed by atoms with Crippen LogP contribution in [0.15, 0.2) is 102 Å². The first-order valence-electron chi connectivity index (χ1n) is 11.9. The molecule has 0 bridgehead atoms. The lowest BCUT2D eigenvalue weighted by Gasteiger charge is -2.18. The molecule has 0 spiro atoms. The Hall–Kier alpha value is -5.09. The van der Waals surface area contributed by atoms with Crippen molar-refractivity contribution in [3.63, 3.8) is 0 Å². The fourth-order valence-corrected chi connectivity index (χ4v) is 4.93. The van der Waals surface area contributed by atoms with Crippen molar-refractivity contribution < 1.29 is 34.1 Å². The molecule has 0 radical (unpaired) electrons. The average molecular weight is 557 g/mol. The summed E-state index contributed by atoms with van der Waals surface area (Å²) in [6, 6.07) is 26.3. The first-order valence-corrected chi connectivity index (χ1v) is 12.8. The third kappa shape index (κ3) is 6.86. The second kappa shape index (κ2) is 12.6. The van der Waals surface area contributed by atoms with Gasteiger partial charge in [-0.05, 0) is 54.1 Å². The van der Waals surface area contributed by atoms with Gasteiger partial charge < -0.3 is 25.6 Å². The van der Waals surface area contributed by atoms with Gasteiger partial charge in [-0.15, -0.1) is 11.8 Å². The van der Waals surface area contributed by atoms with E-state index in [0.717, 1.165) is 17.7 Å². The van der Waals surface area contributed by atoms with Crippen LogP contribution in [0, 0.1) is 0 Å². The smallest absolute Gasteiger partial charge is 0.336 e. The Morgan fingerprint density at radius 2 is 1.43 bits per heavy atom. The van der Waals surface area contributed by atoms with Gasteiger partial charge in [0.05, 0.1) is 23.8 Å². The van der Waals surface area contributed by atoms with E-state index in [-0.39, 0.29) is 17.0 Å². The fourth-order valence-electron chi connectivity index (χ4n) is 3.84. The second-order valence-electron chi connectivity index (χ2n) is 8.48. The number of hydrogen-bond acceptors (Lipinski definition) is 6. The van der Waals surface area contributed by atoms with Crippen molar-refractivity contribution >= 4 is 46.9 Å². The van der Waals surface area contributed by atoms with Gasteiger partial charge in [-0.25, -0.2) is 9.59 Å². The Morgan fingerprint density at radius 1 is 0.725 bits per heavy atom. The van der Waals surface area contributed by atoms with Crippen LogP contribution in [-0.4, -0.2) is 41.1 Å². The monoisotopic (exact) mass is 556 g/mol. The number of carbonyl (C=O) groups is 4. The Morgan fingerprint density at radius 3 is 2.10 bits per heavy atom. The number of nitrogens with one attached hydrogen (secondary N) is 2. The van der Waals surface area contributed by atoms with Crippen molar-refractivity contribution in [1.82, 2.24) is 0 Å². The predicted octanol–water partition coefficient (Wildman–Crippen LogP) is 5.82. The number of methoxy groups -OCH3 is 1. The molecule has 1 unspecified atom stereocenters. The maximum absolute atomic E-state index is 13.4. The molecule has 202 valence electrons. The highest BCUT2D eigenvalue weighted by Crippen LogP contribution is 2.37. The van der Waals surface area contributed by atoms with E-state index in [2.05, 4.69) is 10.6 Å². The highest BCUT2D eigenvalue weighted by atomic mass is 32.2. The molecule has 0 aliphatic rings. The molecule has 40 heavy (non-hydrogen) atoms. The fraction of sp³-hybridized carbons (Fsp3) is 0.0667. The summed E-state index contributed by atoms with van der Waals surface area (Å²) in [6.07, 6.45) is 0. The van der Waals surface area contributed by atoms with Crippen molar-refractivity contribution in [2.24, 2.45) is 0 Å². The van der Waals surface area contributed by atoms with Gasteiger partial charge in [-0.1, -0.05) is 42.5 Å². The molecule has 10 heteroatoms. The molecule has 0 fully saturated rings. The van der Waals surface area contributed by atoms with Crippen LogP contribution in [0.5, 0.6) is 5.75 Å². The molecule has 4 aromatic rings. The molecule has 0 saturated heterocycles. The van der Waals surface area contributed by atoms with Crippen molar-refractivity contribution in [2.75, 3.05) is 17.7 Å². The van der Waals surface area contributed by atoms with Gasteiger partial charge in [-0.3, -0.25) is 9.59 Å². The van der Waals surface area contributed by atoms with Crippen LogP contribution in [0.4, 0.5) is 11.4 Å². The standard InChI is InChI=1S/C30H24N2O7S/c1-39-22-11-5-9-20(16-22)32-28(34)26(18-7-3-2-4-8-18)40-23-12-6-10-21(17-23)31-27(33)24-14-13-19(29(35)36)15-25(24)30(37)38/h2-17,26H,1H3,(H,31,33)(H,32,34)(H,35,36)(H,37,38). The van der Waals surface area contributed by atoms with Crippen molar-refractivity contribution in [3.05, 3.63) is 119 Å². The number of rotatable bonds is 10. The third-order valence-electron chi connectivity index (χ3n) is 5.77. The maximum atomic E-state index is 13.4. The molecule has 4 N–H and O–H groups in total. The minimum Gasteiger partial charge on any atom is -0.497 e. The number of hydrogen-bond donors (Lipinski definition) is 4. The zero-order chi connectivity index (χ0) is 28.6. The highest BCUT2D eigenvalue weighted by Gasteiger charge is 2.23. The van der Waals surface area contributed by atoms with Crippen LogP contribution >= 0.6 is 11.8 Å². The molecule has 0 aliphatic carbocycles. The van der Waals surface area contributed by atoms with E-state index < -0.39 is 28.7 Å². The lowest BCUT2D eigenvalue weighted by molar-refractivity contribution is -0.115. The molecule has 0 aliphatic heterocycles. The van der Waals surface area contributed by atoms with Gasteiger partial charge >= 0.3 is 11.9 Å². The quantitative estimate of drug-likeness (QED) is 0.179. The minimum absolute atomic E-state index is 0.185. The molecule has 1 atom stereocenters. The van der Waals surface area contributed by atoms with Gasteiger partial charge in [0.1, 0.15) is 11.0 Å². The number of ether oxygens (including phenoxy) is 1. The first-order chi connectivity index (χ1) is 19.2. The molecular weight excluding hydrogens is 532 g/mol. The molecule has 0 aromatic heterocycles. The summed E-state index contributed by atoms with van der Waals surface area (Å²) >= 11 is 1.28. The van der Waals surface area contributed by atoms with E-state index in [4.69, 9.17) is 9.84 Å². The van der Waals surface area contributed by atoms with Crippen LogP contribution in [0.1, 0.15) is 41.9 Å². The zero-order valence-electron chi connectivity index (χ0n) is 21.2. The number of anilines is 2. The summed E-state index contributed by atoms with van der Waals surface area (Å²) in [5.41, 5.74) is 0.860. The summed E-state index contributed by atoms with van der Waals surface area (Å²) in [5, 5.41) is 23.6. The summed E-state index contributed by atoms with van der Waals surface area (Å²) in [7, 11) is 1.54. The van der Waals surface area contributed by atoms with Gasteiger partial charge in [0, 0.05) is 22.3 Å². The normalized spacial score (nSPS) is 11.2. The molecule has 0 heterocycles. The molecule has 4 rings (SSSR count). The topological polar surface area (TPSA) is 142 Å². The largest absolute Gasteiger partial charge is 0.497 e. The molecule has 0 saturated carbocycles. The van der Waals surface area contributed by atoms with Crippen molar-refractivity contribution in [2.45, 2.75) is 10.1 Å². The Bertz CT molecular complexity index is 1570. The van der Waals surface area contributed by atoms with Gasteiger partial charge in [0.15, 0.2) is 0 Å². The zero-order valence-corrected chi connectivity index (χ0v) is 22.0. The number of aromatic carboxylic acids is 2. The van der Waals surface area contributed by atoms with E-state index in [9.17, 15) is 24.3 Å². The molecule has 9 nitrogen and oxygen atoms in total. The number of carboxylic acids is 2. The van der Waals surface area contributed by atoms with Crippen molar-refractivity contribution in [3.8, 4) is 5.75 Å². The molecule has 4 aromatic carbocycles. The molecule has 2 amide bonds. The Kier molecular flexibility index (Phi) is 8.82. The lowest BCUT2D eigenvalue weighted by atomic mass is 10.0. The van der Waals surface area contributed by atoms with Crippen LogP contribution in [0.2, 0.25) is 0 Å². The average Bonchev–Trinajstić information content (AvgIpc) is 2.96. The Labute approximate surface area is 233 Å². The van der Waals surface area contributed by atoms with E-state index in [1.807, 2.05) is 30.3 Å². The highest BCUT2D eigenvalue weighted by molar-refractivity contribution is 8.00. The summed E-state index contributed by atoms with van der Waals surface area (Å²) < 4.78 is 5.24. The number of carboxylic acid groups (broad SMARTS) is 2.